The maximum absolute atomic E-state index is 11.6. The van der Waals surface area contributed by atoms with E-state index < -0.39 is 54.4 Å². The van der Waals surface area contributed by atoms with Crippen LogP contribution in [0.15, 0.2) is 6.33 Å². The lowest BCUT2D eigenvalue weighted by atomic mass is 10.2. The average Bonchev–Trinajstić information content (AvgIpc) is 3.07. The van der Waals surface area contributed by atoms with E-state index in [1.807, 2.05) is 0 Å². The normalized spacial score (nSPS) is 27.2. The van der Waals surface area contributed by atoms with Crippen LogP contribution in [0.3, 0.4) is 0 Å². The Labute approximate surface area is 155 Å². The van der Waals surface area contributed by atoms with Crippen molar-refractivity contribution >= 4 is 29.4 Å². The van der Waals surface area contributed by atoms with Gasteiger partial charge >= 0.3 is 23.5 Å². The number of aliphatic hydroxyl groups is 1. The van der Waals surface area contributed by atoms with Crippen molar-refractivity contribution in [2.24, 2.45) is 5.73 Å². The smallest absolute Gasteiger partial charge is 0.390 e. The van der Waals surface area contributed by atoms with Crippen molar-refractivity contribution in [3.05, 3.63) is 12.2 Å². The monoisotopic (exact) mass is 468 g/mol. The number of ether oxygens (including phenoxy) is 1. The van der Waals surface area contributed by atoms with Gasteiger partial charge in [0.25, 0.3) is 5.91 Å². The van der Waals surface area contributed by atoms with Crippen LogP contribution in [0.4, 0.5) is 0 Å². The zero-order chi connectivity index (χ0) is 21.3. The Morgan fingerprint density at radius 3 is 2.43 bits per heavy atom. The van der Waals surface area contributed by atoms with Crippen LogP contribution in [0.5, 0.6) is 0 Å². The van der Waals surface area contributed by atoms with Crippen molar-refractivity contribution in [2.45, 2.75) is 24.9 Å². The van der Waals surface area contributed by atoms with Gasteiger partial charge in [0, 0.05) is 6.42 Å². The number of primary amides is 1. The predicted molar refractivity (Wildman–Crippen MR) is 82.9 cm³/mol. The third-order valence-electron chi connectivity index (χ3n) is 3.05. The minimum absolute atomic E-state index is 0.0913. The van der Waals surface area contributed by atoms with Gasteiger partial charge in [0.2, 0.25) is 5.82 Å². The molecule has 1 aliphatic heterocycles. The Balaban J connectivity index is 1.94. The van der Waals surface area contributed by atoms with Crippen molar-refractivity contribution in [1.82, 2.24) is 14.8 Å². The van der Waals surface area contributed by atoms with Crippen LogP contribution in [-0.2, 0) is 31.6 Å². The molecule has 1 aromatic rings. The van der Waals surface area contributed by atoms with E-state index in [0.29, 0.717) is 0 Å². The van der Waals surface area contributed by atoms with Crippen molar-refractivity contribution in [2.75, 3.05) is 6.61 Å². The molecule has 1 aliphatic rings. The van der Waals surface area contributed by atoms with E-state index in [1.165, 1.54) is 0 Å². The number of carbonyl (C=O) groups is 1. The van der Waals surface area contributed by atoms with E-state index in [9.17, 15) is 28.5 Å². The van der Waals surface area contributed by atoms with E-state index in [0.717, 1.165) is 11.0 Å². The molecular formula is C8H15N4O13P3. The van der Waals surface area contributed by atoms with Crippen LogP contribution in [-0.4, -0.2) is 64.2 Å². The first kappa shape index (κ1) is 23.2. The van der Waals surface area contributed by atoms with E-state index in [4.69, 9.17) is 25.2 Å². The van der Waals surface area contributed by atoms with Gasteiger partial charge in [-0.05, 0) is 0 Å². The highest BCUT2D eigenvalue weighted by Crippen LogP contribution is 2.66. The summed E-state index contributed by atoms with van der Waals surface area (Å²) in [5.74, 6) is -1.21. The number of nitrogens with two attached hydrogens (primary N) is 1. The molecule has 1 amide bonds. The number of carbonyl (C=O) groups excluding carboxylic acids is 1. The molecule has 0 aromatic carbocycles. The lowest BCUT2D eigenvalue weighted by molar-refractivity contribution is -0.0476. The van der Waals surface area contributed by atoms with E-state index in [-0.39, 0.29) is 12.2 Å². The maximum atomic E-state index is 11.6. The molecule has 160 valence electrons. The Bertz CT molecular complexity index is 868. The van der Waals surface area contributed by atoms with Crippen LogP contribution in [0.2, 0.25) is 0 Å². The molecule has 7 N–H and O–H groups in total. The molecule has 0 spiro atoms. The third kappa shape index (κ3) is 6.77. The zero-order valence-electron chi connectivity index (χ0n) is 13.5. The molecule has 5 atom stereocenters. The third-order valence-corrected chi connectivity index (χ3v) is 6.85. The molecule has 5 unspecified atom stereocenters. The Hall–Kier alpha value is -1.06. The van der Waals surface area contributed by atoms with E-state index >= 15 is 0 Å². The first-order chi connectivity index (χ1) is 12.7. The quantitative estimate of drug-likeness (QED) is 0.222. The Kier molecular flexibility index (Phi) is 6.93. The van der Waals surface area contributed by atoms with Gasteiger partial charge in [-0.3, -0.25) is 9.32 Å². The number of nitrogens with zero attached hydrogens (tertiary/aromatic N) is 3. The molecule has 0 aliphatic carbocycles. The maximum Gasteiger partial charge on any atom is 0.490 e. The summed E-state index contributed by atoms with van der Waals surface area (Å²) in [4.78, 5) is 49.8. The van der Waals surface area contributed by atoms with Crippen LogP contribution >= 0.6 is 23.5 Å². The summed E-state index contributed by atoms with van der Waals surface area (Å²) in [7, 11) is -16.5. The molecule has 0 saturated carbocycles. The molecule has 0 bridgehead atoms. The van der Waals surface area contributed by atoms with Gasteiger partial charge in [-0.15, -0.1) is 5.10 Å². The first-order valence-electron chi connectivity index (χ1n) is 7.00. The van der Waals surface area contributed by atoms with Crippen LogP contribution in [0.25, 0.3) is 0 Å². The highest BCUT2D eigenvalue weighted by Gasteiger charge is 2.43. The Morgan fingerprint density at radius 2 is 1.89 bits per heavy atom. The number of hydrogen-bond acceptors (Lipinski definition) is 11. The van der Waals surface area contributed by atoms with Gasteiger partial charge in [-0.1, -0.05) is 0 Å². The molecule has 20 heteroatoms. The van der Waals surface area contributed by atoms with Gasteiger partial charge < -0.3 is 35.2 Å². The Morgan fingerprint density at radius 1 is 1.25 bits per heavy atom. The van der Waals surface area contributed by atoms with Crippen LogP contribution < -0.4 is 5.73 Å². The number of aliphatic hydroxyl groups excluding tert-OH is 1. The minimum atomic E-state index is -5.65. The van der Waals surface area contributed by atoms with Gasteiger partial charge in [-0.2, -0.15) is 8.62 Å². The van der Waals surface area contributed by atoms with Crippen LogP contribution in [0, 0.1) is 0 Å². The molecule has 17 nitrogen and oxygen atoms in total. The summed E-state index contributed by atoms with van der Waals surface area (Å²) in [5, 5.41) is 13.6. The predicted octanol–water partition coefficient (Wildman–Crippen LogP) is -1.63. The second-order valence-electron chi connectivity index (χ2n) is 5.23. The topological polar surface area (TPSA) is 263 Å². The number of hydrogen-bond donors (Lipinski definition) is 6. The van der Waals surface area contributed by atoms with Gasteiger partial charge in [-0.25, -0.2) is 23.4 Å². The summed E-state index contributed by atoms with van der Waals surface area (Å²) < 4.78 is 51.2. The summed E-state index contributed by atoms with van der Waals surface area (Å²) in [5.41, 5.74) is 5.00. The number of aromatic nitrogens is 3. The highest BCUT2D eigenvalue weighted by molar-refractivity contribution is 7.66. The van der Waals surface area contributed by atoms with Gasteiger partial charge in [0.15, 0.2) is 6.23 Å². The lowest BCUT2D eigenvalue weighted by Crippen LogP contribution is -2.26. The van der Waals surface area contributed by atoms with Crippen molar-refractivity contribution in [1.29, 1.82) is 0 Å². The number of amides is 1. The molecule has 1 fully saturated rings. The number of phosphoric acid groups is 3. The van der Waals surface area contributed by atoms with Crippen molar-refractivity contribution in [3.63, 3.8) is 0 Å². The standard InChI is InChI=1S/C8H15N4O13P3/c9-7(14)8-10-3-12(11-8)6-1-4(13)5(23-6)2-22-27(18,19)25-28(20,21)24-26(15,16)17/h3-6,13H,1-2H2,(H2,9,14)(H,18,19)(H,20,21)(H2,15,16,17). The first-order valence-corrected chi connectivity index (χ1v) is 11.5. The van der Waals surface area contributed by atoms with Crippen LogP contribution in [0.1, 0.15) is 23.3 Å². The minimum Gasteiger partial charge on any atom is -0.390 e. The highest BCUT2D eigenvalue weighted by atomic mass is 31.3. The van der Waals surface area contributed by atoms with Gasteiger partial charge in [0.05, 0.1) is 12.7 Å². The second-order valence-corrected chi connectivity index (χ2v) is 9.65. The summed E-state index contributed by atoms with van der Waals surface area (Å²) >= 11 is 0. The lowest BCUT2D eigenvalue weighted by Gasteiger charge is -2.19. The number of phosphoric ester groups is 1. The molecule has 0 radical (unpaired) electrons. The number of rotatable bonds is 9. The average molecular weight is 468 g/mol. The summed E-state index contributed by atoms with van der Waals surface area (Å²) in [6, 6.07) is 0. The fourth-order valence-electron chi connectivity index (χ4n) is 2.02. The zero-order valence-corrected chi connectivity index (χ0v) is 16.2. The fourth-order valence-corrected chi connectivity index (χ4v) is 5.05. The summed E-state index contributed by atoms with van der Waals surface area (Å²) in [6.07, 6.45) is -2.42. The molecule has 2 heterocycles. The van der Waals surface area contributed by atoms with Gasteiger partial charge in [0.1, 0.15) is 12.4 Å². The molecule has 1 saturated heterocycles. The molecule has 1 aromatic heterocycles. The fraction of sp³-hybridized carbons (Fsp3) is 0.625. The SMILES string of the molecule is NC(=O)c1ncn(C2CC(O)C(COP(=O)(O)OP(=O)(O)OP(=O)(O)O)O2)n1. The molecular weight excluding hydrogens is 453 g/mol. The largest absolute Gasteiger partial charge is 0.490 e. The van der Waals surface area contributed by atoms with E-state index in [2.05, 4.69) is 23.2 Å². The van der Waals surface area contributed by atoms with Crippen molar-refractivity contribution in [3.8, 4) is 0 Å². The molecule has 2 rings (SSSR count). The summed E-state index contributed by atoms with van der Waals surface area (Å²) in [6.45, 7) is -0.835. The molecule has 28 heavy (non-hydrogen) atoms. The second kappa shape index (κ2) is 8.36. The van der Waals surface area contributed by atoms with Crippen molar-refractivity contribution < 1.29 is 61.1 Å². The van der Waals surface area contributed by atoms with E-state index in [1.54, 1.807) is 0 Å².